The Morgan fingerprint density at radius 3 is 2.46 bits per heavy atom. The molecule has 0 bridgehead atoms. The van der Waals surface area contributed by atoms with Gasteiger partial charge >= 0.3 is 5.97 Å². The number of carboxylic acids is 1. The van der Waals surface area contributed by atoms with Gasteiger partial charge in [-0.25, -0.2) is 13.6 Å². The third-order valence-electron chi connectivity index (χ3n) is 2.00. The van der Waals surface area contributed by atoms with E-state index in [0.29, 0.717) is 19.6 Å². The highest BCUT2D eigenvalue weighted by molar-refractivity contribution is 7.89. The van der Waals surface area contributed by atoms with Crippen molar-refractivity contribution in [1.82, 2.24) is 4.90 Å². The van der Waals surface area contributed by atoms with Crippen molar-refractivity contribution in [2.24, 2.45) is 11.1 Å². The third kappa shape index (κ3) is 3.29. The fraction of sp³-hybridized carbons (Fsp3) is 0.833. The molecule has 0 spiro atoms. The van der Waals surface area contributed by atoms with E-state index in [1.165, 1.54) is 0 Å². The van der Waals surface area contributed by atoms with E-state index in [2.05, 4.69) is 0 Å². The summed E-state index contributed by atoms with van der Waals surface area (Å²) in [5, 5.41) is 13.3. The molecule has 1 aliphatic heterocycles. The van der Waals surface area contributed by atoms with Gasteiger partial charge in [-0.2, -0.15) is 0 Å². The second-order valence-corrected chi connectivity index (χ2v) is 4.90. The highest BCUT2D eigenvalue weighted by atomic mass is 32.2. The first kappa shape index (κ1) is 10.4. The van der Waals surface area contributed by atoms with Crippen LogP contribution in [0.4, 0.5) is 0 Å². The van der Waals surface area contributed by atoms with Gasteiger partial charge in [0.1, 0.15) is 0 Å². The molecule has 0 aromatic rings. The molecular weight excluding hydrogens is 196 g/mol. The van der Waals surface area contributed by atoms with Gasteiger partial charge in [-0.3, -0.25) is 4.79 Å². The third-order valence-corrected chi connectivity index (χ3v) is 2.75. The zero-order chi connectivity index (χ0) is 10.1. The number of nitrogens with two attached hydrogens (primary N) is 1. The van der Waals surface area contributed by atoms with Gasteiger partial charge in [0.25, 0.3) is 0 Å². The second kappa shape index (κ2) is 3.60. The SMILES string of the molecule is NS(=O)(=O)CCN1CC(C(=O)O)C1. The maximum absolute atomic E-state index is 10.5. The maximum Gasteiger partial charge on any atom is 0.309 e. The smallest absolute Gasteiger partial charge is 0.309 e. The molecule has 13 heavy (non-hydrogen) atoms. The van der Waals surface area contributed by atoms with Crippen LogP contribution in [0.2, 0.25) is 0 Å². The normalized spacial score (nSPS) is 19.8. The lowest BCUT2D eigenvalue weighted by molar-refractivity contribution is -0.147. The molecule has 1 heterocycles. The van der Waals surface area contributed by atoms with Crippen LogP contribution in [0.3, 0.4) is 0 Å². The summed E-state index contributed by atoms with van der Waals surface area (Å²) >= 11 is 0. The first-order valence-electron chi connectivity index (χ1n) is 3.84. The fourth-order valence-corrected chi connectivity index (χ4v) is 1.68. The number of hydrogen-bond acceptors (Lipinski definition) is 4. The first-order chi connectivity index (χ1) is 5.88. The number of carbonyl (C=O) groups is 1. The Balaban J connectivity index is 2.19. The quantitative estimate of drug-likeness (QED) is 0.573. The summed E-state index contributed by atoms with van der Waals surface area (Å²) in [5.41, 5.74) is 0. The lowest BCUT2D eigenvalue weighted by Gasteiger charge is -2.36. The summed E-state index contributed by atoms with van der Waals surface area (Å²) in [5.74, 6) is -1.29. The number of nitrogens with zero attached hydrogens (tertiary/aromatic N) is 1. The van der Waals surface area contributed by atoms with Crippen molar-refractivity contribution in [3.8, 4) is 0 Å². The molecule has 7 heteroatoms. The Morgan fingerprint density at radius 2 is 2.08 bits per heavy atom. The average Bonchev–Trinajstić information content (AvgIpc) is 1.79. The van der Waals surface area contributed by atoms with Crippen molar-refractivity contribution >= 4 is 16.0 Å². The van der Waals surface area contributed by atoms with Crippen LogP contribution in [0.5, 0.6) is 0 Å². The first-order valence-corrected chi connectivity index (χ1v) is 5.55. The molecule has 0 saturated carbocycles. The molecule has 0 aromatic heterocycles. The Bertz CT molecular complexity index is 294. The molecule has 1 rings (SSSR count). The molecule has 6 nitrogen and oxygen atoms in total. The standard InChI is InChI=1S/C6H12N2O4S/c7-13(11,12)2-1-8-3-5(4-8)6(9)10/h5H,1-4H2,(H,9,10)(H2,7,11,12). The summed E-state index contributed by atoms with van der Waals surface area (Å²) in [7, 11) is -3.42. The van der Waals surface area contributed by atoms with Crippen molar-refractivity contribution in [1.29, 1.82) is 0 Å². The van der Waals surface area contributed by atoms with Gasteiger partial charge in [0.2, 0.25) is 10.0 Å². The van der Waals surface area contributed by atoms with E-state index in [1.54, 1.807) is 4.90 Å². The zero-order valence-corrected chi connectivity index (χ0v) is 7.83. The molecule has 1 fully saturated rings. The minimum Gasteiger partial charge on any atom is -0.481 e. The Morgan fingerprint density at radius 1 is 1.54 bits per heavy atom. The lowest BCUT2D eigenvalue weighted by atomic mass is 10.0. The summed E-state index contributed by atoms with van der Waals surface area (Å²) in [6, 6.07) is 0. The molecule has 0 unspecified atom stereocenters. The molecule has 76 valence electrons. The van der Waals surface area contributed by atoms with E-state index in [0.717, 1.165) is 0 Å². The number of rotatable bonds is 4. The maximum atomic E-state index is 10.5. The number of carboxylic acid groups (broad SMARTS) is 1. The molecule has 0 amide bonds. The lowest BCUT2D eigenvalue weighted by Crippen LogP contribution is -2.51. The predicted octanol–water partition coefficient (Wildman–Crippen LogP) is -1.71. The van der Waals surface area contributed by atoms with E-state index >= 15 is 0 Å². The number of hydrogen-bond donors (Lipinski definition) is 2. The van der Waals surface area contributed by atoms with Crippen LogP contribution in [-0.4, -0.2) is 49.8 Å². The largest absolute Gasteiger partial charge is 0.481 e. The molecular formula is C6H12N2O4S. The Labute approximate surface area is 76.4 Å². The van der Waals surface area contributed by atoms with Gasteiger partial charge in [0, 0.05) is 19.6 Å². The predicted molar refractivity (Wildman–Crippen MR) is 45.5 cm³/mol. The van der Waals surface area contributed by atoms with E-state index < -0.39 is 16.0 Å². The Hall–Kier alpha value is -0.660. The van der Waals surface area contributed by atoms with Gasteiger partial charge < -0.3 is 10.0 Å². The van der Waals surface area contributed by atoms with Crippen molar-refractivity contribution < 1.29 is 18.3 Å². The van der Waals surface area contributed by atoms with Crippen molar-refractivity contribution in [2.45, 2.75) is 0 Å². The minimum atomic E-state index is -3.42. The van der Waals surface area contributed by atoms with Crippen LogP contribution in [0, 0.1) is 5.92 Å². The second-order valence-electron chi connectivity index (χ2n) is 3.16. The van der Waals surface area contributed by atoms with Crippen LogP contribution in [-0.2, 0) is 14.8 Å². The van der Waals surface area contributed by atoms with Gasteiger partial charge in [-0.15, -0.1) is 0 Å². The molecule has 0 atom stereocenters. The highest BCUT2D eigenvalue weighted by Crippen LogP contribution is 2.14. The van der Waals surface area contributed by atoms with Crippen molar-refractivity contribution in [3.63, 3.8) is 0 Å². The molecule has 1 saturated heterocycles. The van der Waals surface area contributed by atoms with E-state index in [4.69, 9.17) is 10.2 Å². The minimum absolute atomic E-state index is 0.112. The van der Waals surface area contributed by atoms with E-state index in [1.807, 2.05) is 0 Å². The molecule has 1 aliphatic rings. The monoisotopic (exact) mass is 208 g/mol. The van der Waals surface area contributed by atoms with Crippen LogP contribution >= 0.6 is 0 Å². The van der Waals surface area contributed by atoms with Gasteiger partial charge in [-0.05, 0) is 0 Å². The van der Waals surface area contributed by atoms with Crippen molar-refractivity contribution in [2.75, 3.05) is 25.4 Å². The van der Waals surface area contributed by atoms with Crippen LogP contribution in [0.15, 0.2) is 0 Å². The summed E-state index contributed by atoms with van der Waals surface area (Å²) < 4.78 is 21.1. The fourth-order valence-electron chi connectivity index (χ4n) is 1.16. The summed E-state index contributed by atoms with van der Waals surface area (Å²) in [6.07, 6.45) is 0. The van der Waals surface area contributed by atoms with E-state index in [9.17, 15) is 13.2 Å². The molecule has 0 aliphatic carbocycles. The van der Waals surface area contributed by atoms with Crippen LogP contribution < -0.4 is 5.14 Å². The number of sulfonamides is 1. The van der Waals surface area contributed by atoms with Gasteiger partial charge in [0.05, 0.1) is 11.7 Å². The highest BCUT2D eigenvalue weighted by Gasteiger charge is 2.32. The molecule has 3 N–H and O–H groups in total. The van der Waals surface area contributed by atoms with Gasteiger partial charge in [-0.1, -0.05) is 0 Å². The Kier molecular flexibility index (Phi) is 2.89. The number of likely N-dealkylation sites (tertiary alicyclic amines) is 1. The molecule has 0 aromatic carbocycles. The van der Waals surface area contributed by atoms with Crippen LogP contribution in [0.1, 0.15) is 0 Å². The van der Waals surface area contributed by atoms with Crippen molar-refractivity contribution in [3.05, 3.63) is 0 Å². The average molecular weight is 208 g/mol. The number of aliphatic carboxylic acids is 1. The summed E-state index contributed by atoms with van der Waals surface area (Å²) in [4.78, 5) is 12.1. The van der Waals surface area contributed by atoms with E-state index in [-0.39, 0.29) is 11.7 Å². The zero-order valence-electron chi connectivity index (χ0n) is 7.01. The van der Waals surface area contributed by atoms with Crippen LogP contribution in [0.25, 0.3) is 0 Å². The van der Waals surface area contributed by atoms with Gasteiger partial charge in [0.15, 0.2) is 0 Å². The topological polar surface area (TPSA) is 101 Å². The summed E-state index contributed by atoms with van der Waals surface area (Å²) in [6.45, 7) is 1.16. The number of primary sulfonamides is 1. The molecule has 0 radical (unpaired) electrons.